The van der Waals surface area contributed by atoms with Gasteiger partial charge in [0.25, 0.3) is 0 Å². The minimum atomic E-state index is -0.336. The predicted molar refractivity (Wildman–Crippen MR) is 54.1 cm³/mol. The zero-order valence-corrected chi connectivity index (χ0v) is 8.28. The molecule has 3 nitrogen and oxygen atoms in total. The third-order valence-corrected chi connectivity index (χ3v) is 2.43. The van der Waals surface area contributed by atoms with E-state index in [1.807, 2.05) is 0 Å². The maximum absolute atomic E-state index is 11.5. The van der Waals surface area contributed by atoms with Crippen molar-refractivity contribution >= 4 is 23.1 Å². The van der Waals surface area contributed by atoms with Crippen molar-refractivity contribution in [3.63, 3.8) is 0 Å². The van der Waals surface area contributed by atoms with Crippen LogP contribution in [-0.4, -0.2) is 18.6 Å². The van der Waals surface area contributed by atoms with E-state index >= 15 is 0 Å². The van der Waals surface area contributed by atoms with Crippen LogP contribution < -0.4 is 0 Å². The SMILES string of the molecule is COC1=CC2C(=O)C=CN=C2C=C1Cl. The average Bonchev–Trinajstić information content (AvgIpc) is 2.17. The van der Waals surface area contributed by atoms with Crippen LogP contribution in [0.5, 0.6) is 0 Å². The summed E-state index contributed by atoms with van der Waals surface area (Å²) in [4.78, 5) is 15.5. The molecule has 0 aromatic carbocycles. The predicted octanol–water partition coefficient (Wildman–Crippen LogP) is 1.81. The molecule has 0 fully saturated rings. The highest BCUT2D eigenvalue weighted by atomic mass is 35.5. The smallest absolute Gasteiger partial charge is 0.170 e. The van der Waals surface area contributed by atoms with E-state index in [0.29, 0.717) is 16.5 Å². The summed E-state index contributed by atoms with van der Waals surface area (Å²) in [6.07, 6.45) is 6.28. The van der Waals surface area contributed by atoms with Gasteiger partial charge in [0, 0.05) is 12.3 Å². The monoisotopic (exact) mass is 209 g/mol. The fourth-order valence-electron chi connectivity index (χ4n) is 1.42. The van der Waals surface area contributed by atoms with E-state index < -0.39 is 0 Å². The van der Waals surface area contributed by atoms with E-state index in [1.54, 1.807) is 12.2 Å². The van der Waals surface area contributed by atoms with Crippen molar-refractivity contribution in [1.82, 2.24) is 0 Å². The number of hydrogen-bond acceptors (Lipinski definition) is 3. The van der Waals surface area contributed by atoms with Crippen LogP contribution in [0.2, 0.25) is 0 Å². The largest absolute Gasteiger partial charge is 0.495 e. The van der Waals surface area contributed by atoms with Gasteiger partial charge in [-0.15, -0.1) is 0 Å². The van der Waals surface area contributed by atoms with Gasteiger partial charge in [0.05, 0.1) is 23.8 Å². The third-order valence-electron chi connectivity index (χ3n) is 2.14. The minimum absolute atomic E-state index is 0.00460. The molecule has 2 aliphatic rings. The normalized spacial score (nSPS) is 24.9. The summed E-state index contributed by atoms with van der Waals surface area (Å²) >= 11 is 5.90. The molecule has 14 heavy (non-hydrogen) atoms. The maximum atomic E-state index is 11.5. The zero-order chi connectivity index (χ0) is 10.1. The van der Waals surface area contributed by atoms with Gasteiger partial charge in [0.15, 0.2) is 5.78 Å². The van der Waals surface area contributed by atoms with Crippen molar-refractivity contribution in [1.29, 1.82) is 0 Å². The Hall–Kier alpha value is -1.35. The summed E-state index contributed by atoms with van der Waals surface area (Å²) in [6.45, 7) is 0. The number of methoxy groups -OCH3 is 1. The lowest BCUT2D eigenvalue weighted by atomic mass is 9.91. The molecule has 0 amide bonds. The number of carbonyl (C=O) groups is 1. The number of rotatable bonds is 1. The van der Waals surface area contributed by atoms with Crippen molar-refractivity contribution in [3.8, 4) is 0 Å². The van der Waals surface area contributed by atoms with E-state index in [-0.39, 0.29) is 11.7 Å². The molecule has 0 N–H and O–H groups in total. The number of nitrogens with zero attached hydrogens (tertiary/aromatic N) is 1. The second-order valence-electron chi connectivity index (χ2n) is 2.98. The lowest BCUT2D eigenvalue weighted by Crippen LogP contribution is -2.24. The molecule has 1 atom stereocenters. The van der Waals surface area contributed by atoms with Crippen LogP contribution in [0.1, 0.15) is 0 Å². The van der Waals surface area contributed by atoms with Gasteiger partial charge in [-0.1, -0.05) is 11.6 Å². The number of carbonyl (C=O) groups excluding carboxylic acids is 1. The first-order valence-corrected chi connectivity index (χ1v) is 4.51. The molecule has 1 unspecified atom stereocenters. The molecule has 0 bridgehead atoms. The number of fused-ring (bicyclic) bond motifs is 1. The molecule has 0 saturated heterocycles. The summed E-state index contributed by atoms with van der Waals surface area (Å²) in [5.74, 6) is 0.196. The van der Waals surface area contributed by atoms with E-state index in [0.717, 1.165) is 0 Å². The van der Waals surface area contributed by atoms with E-state index in [4.69, 9.17) is 16.3 Å². The number of ether oxygens (including phenoxy) is 1. The Balaban J connectivity index is 2.43. The van der Waals surface area contributed by atoms with Gasteiger partial charge in [-0.05, 0) is 12.2 Å². The molecule has 1 aliphatic carbocycles. The first kappa shape index (κ1) is 9.21. The number of ketones is 1. The van der Waals surface area contributed by atoms with Gasteiger partial charge in [0.1, 0.15) is 5.76 Å². The van der Waals surface area contributed by atoms with Gasteiger partial charge in [-0.3, -0.25) is 9.79 Å². The Morgan fingerprint density at radius 2 is 2.36 bits per heavy atom. The number of aliphatic imine (C=N–C) groups is 1. The number of halogens is 1. The Bertz CT molecular complexity index is 404. The van der Waals surface area contributed by atoms with Gasteiger partial charge in [0.2, 0.25) is 0 Å². The fraction of sp³-hybridized carbons (Fsp3) is 0.200. The van der Waals surface area contributed by atoms with Crippen molar-refractivity contribution in [2.75, 3.05) is 7.11 Å². The zero-order valence-electron chi connectivity index (χ0n) is 7.53. The summed E-state index contributed by atoms with van der Waals surface area (Å²) in [5, 5.41) is 0.477. The van der Waals surface area contributed by atoms with Crippen molar-refractivity contribution < 1.29 is 9.53 Å². The highest BCUT2D eigenvalue weighted by Gasteiger charge is 2.26. The summed E-state index contributed by atoms with van der Waals surface area (Å²) in [6, 6.07) is 0. The van der Waals surface area contributed by atoms with E-state index in [9.17, 15) is 4.79 Å². The third kappa shape index (κ3) is 1.40. The summed E-state index contributed by atoms with van der Waals surface area (Å²) < 4.78 is 5.03. The van der Waals surface area contributed by atoms with E-state index in [1.165, 1.54) is 19.4 Å². The average molecular weight is 210 g/mol. The summed E-state index contributed by atoms with van der Waals surface area (Å²) in [5.41, 5.74) is 0.670. The van der Waals surface area contributed by atoms with Crippen LogP contribution in [0.4, 0.5) is 0 Å². The quantitative estimate of drug-likeness (QED) is 0.661. The second-order valence-corrected chi connectivity index (χ2v) is 3.38. The molecule has 0 radical (unpaired) electrons. The van der Waals surface area contributed by atoms with Gasteiger partial charge in [-0.2, -0.15) is 0 Å². The lowest BCUT2D eigenvalue weighted by Gasteiger charge is -2.19. The van der Waals surface area contributed by atoms with Gasteiger partial charge < -0.3 is 4.74 Å². The van der Waals surface area contributed by atoms with Crippen molar-refractivity contribution in [3.05, 3.63) is 35.2 Å². The molecule has 1 aliphatic heterocycles. The number of hydrogen-bond donors (Lipinski definition) is 0. The second kappa shape index (κ2) is 3.42. The van der Waals surface area contributed by atoms with Crippen LogP contribution in [-0.2, 0) is 9.53 Å². The van der Waals surface area contributed by atoms with Gasteiger partial charge in [-0.25, -0.2) is 0 Å². The highest BCUT2D eigenvalue weighted by molar-refractivity contribution is 6.35. The minimum Gasteiger partial charge on any atom is -0.495 e. The molecular weight excluding hydrogens is 202 g/mol. The Morgan fingerprint density at radius 3 is 3.07 bits per heavy atom. The molecule has 0 spiro atoms. The molecule has 0 aromatic rings. The Kier molecular flexibility index (Phi) is 2.25. The van der Waals surface area contributed by atoms with Crippen LogP contribution in [0, 0.1) is 5.92 Å². The maximum Gasteiger partial charge on any atom is 0.170 e. The van der Waals surface area contributed by atoms with Crippen LogP contribution in [0.3, 0.4) is 0 Å². The topological polar surface area (TPSA) is 38.7 Å². The molecule has 2 rings (SSSR count). The molecule has 4 heteroatoms. The summed E-state index contributed by atoms with van der Waals surface area (Å²) in [7, 11) is 1.52. The Morgan fingerprint density at radius 1 is 1.57 bits per heavy atom. The van der Waals surface area contributed by atoms with Crippen molar-refractivity contribution in [2.24, 2.45) is 10.9 Å². The van der Waals surface area contributed by atoms with Crippen LogP contribution >= 0.6 is 11.6 Å². The first-order valence-electron chi connectivity index (χ1n) is 4.14. The molecular formula is C10H8ClNO2. The van der Waals surface area contributed by atoms with E-state index in [2.05, 4.69) is 4.99 Å². The fourth-order valence-corrected chi connectivity index (χ4v) is 1.67. The lowest BCUT2D eigenvalue weighted by molar-refractivity contribution is -0.115. The molecule has 0 aromatic heterocycles. The standard InChI is InChI=1S/C10H8ClNO2/c1-14-10-4-6-8(5-7(10)11)12-3-2-9(6)13/h2-6H,1H3. The van der Waals surface area contributed by atoms with Gasteiger partial charge >= 0.3 is 0 Å². The molecule has 1 heterocycles. The van der Waals surface area contributed by atoms with Crippen LogP contribution in [0.25, 0.3) is 0 Å². The molecule has 0 saturated carbocycles. The molecule has 72 valence electrons. The number of allylic oxidation sites excluding steroid dienone is 4. The first-order chi connectivity index (χ1) is 6.72. The van der Waals surface area contributed by atoms with Crippen molar-refractivity contribution in [2.45, 2.75) is 0 Å². The highest BCUT2D eigenvalue weighted by Crippen LogP contribution is 2.26. The van der Waals surface area contributed by atoms with Crippen LogP contribution in [0.15, 0.2) is 40.2 Å². The Labute approximate surface area is 86.4 Å².